The summed E-state index contributed by atoms with van der Waals surface area (Å²) in [5, 5.41) is 0. The molecular formula is C14H22O4. The van der Waals surface area contributed by atoms with Gasteiger partial charge < -0.3 is 18.9 Å². The molecule has 1 aliphatic heterocycles. The number of hydrogen-bond donors (Lipinski definition) is 0. The Balaban J connectivity index is 2.50. The minimum Gasteiger partial charge on any atom is -0.367 e. The Bertz CT molecular complexity index is 288. The van der Waals surface area contributed by atoms with Gasteiger partial charge in [0.1, 0.15) is 12.2 Å². The van der Waals surface area contributed by atoms with Gasteiger partial charge in [-0.25, -0.2) is 0 Å². The second kappa shape index (κ2) is 8.21. The Morgan fingerprint density at radius 3 is 2.78 bits per heavy atom. The molecule has 0 aromatic carbocycles. The fourth-order valence-corrected chi connectivity index (χ4v) is 1.65. The van der Waals surface area contributed by atoms with Crippen LogP contribution in [-0.4, -0.2) is 38.0 Å². The Morgan fingerprint density at radius 1 is 1.39 bits per heavy atom. The summed E-state index contributed by atoms with van der Waals surface area (Å²) in [5.41, 5.74) is 0. The lowest BCUT2D eigenvalue weighted by Crippen LogP contribution is -2.38. The molecule has 0 aliphatic carbocycles. The molecule has 4 heteroatoms. The molecule has 0 N–H and O–H groups in total. The molecule has 0 aromatic heterocycles. The maximum absolute atomic E-state index is 5.70. The summed E-state index contributed by atoms with van der Waals surface area (Å²) in [7, 11) is 0. The summed E-state index contributed by atoms with van der Waals surface area (Å²) in [6.07, 6.45) is 6.04. The van der Waals surface area contributed by atoms with E-state index in [1.807, 2.05) is 26.0 Å². The highest BCUT2D eigenvalue weighted by Crippen LogP contribution is 2.19. The standard InChI is InChI=1S/C14H22O4/c1-5-10-16-13-8-9-14(18-12(13)6-2)17-11(4)15-7-3/h5-6,8-9,11-14H,1-2,7,10H2,3-4H3/t11?,12-,13+,14?/m1/s1. The molecule has 0 spiro atoms. The predicted molar refractivity (Wildman–Crippen MR) is 70.1 cm³/mol. The lowest BCUT2D eigenvalue weighted by molar-refractivity contribution is -0.238. The van der Waals surface area contributed by atoms with Crippen LogP contribution < -0.4 is 0 Å². The van der Waals surface area contributed by atoms with E-state index in [0.717, 1.165) is 0 Å². The molecule has 0 saturated carbocycles. The van der Waals surface area contributed by atoms with Gasteiger partial charge in [-0.15, -0.1) is 13.2 Å². The van der Waals surface area contributed by atoms with Gasteiger partial charge >= 0.3 is 0 Å². The van der Waals surface area contributed by atoms with E-state index in [0.29, 0.717) is 13.2 Å². The number of rotatable bonds is 8. The van der Waals surface area contributed by atoms with E-state index in [4.69, 9.17) is 18.9 Å². The molecule has 1 aliphatic rings. The van der Waals surface area contributed by atoms with Gasteiger partial charge in [0.25, 0.3) is 0 Å². The highest BCUT2D eigenvalue weighted by atomic mass is 16.8. The molecule has 0 fully saturated rings. The average Bonchev–Trinajstić information content (AvgIpc) is 2.37. The normalized spacial score (nSPS) is 28.9. The van der Waals surface area contributed by atoms with Crippen LogP contribution in [0.4, 0.5) is 0 Å². The summed E-state index contributed by atoms with van der Waals surface area (Å²) >= 11 is 0. The van der Waals surface area contributed by atoms with Crippen LogP contribution in [0.2, 0.25) is 0 Å². The molecule has 0 bridgehead atoms. The lowest BCUT2D eigenvalue weighted by Gasteiger charge is -2.31. The van der Waals surface area contributed by atoms with Crippen molar-refractivity contribution in [3.05, 3.63) is 37.5 Å². The van der Waals surface area contributed by atoms with E-state index < -0.39 is 6.29 Å². The van der Waals surface area contributed by atoms with Crippen molar-refractivity contribution in [3.8, 4) is 0 Å². The van der Waals surface area contributed by atoms with Crippen molar-refractivity contribution < 1.29 is 18.9 Å². The zero-order valence-electron chi connectivity index (χ0n) is 11.1. The molecule has 0 amide bonds. The van der Waals surface area contributed by atoms with Gasteiger partial charge in [0.05, 0.1) is 6.61 Å². The van der Waals surface area contributed by atoms with E-state index in [2.05, 4.69) is 13.2 Å². The third-order valence-electron chi connectivity index (χ3n) is 2.44. The molecule has 4 nitrogen and oxygen atoms in total. The molecule has 1 heterocycles. The van der Waals surface area contributed by atoms with Crippen LogP contribution in [0.3, 0.4) is 0 Å². The first kappa shape index (κ1) is 15.1. The first-order valence-corrected chi connectivity index (χ1v) is 6.17. The van der Waals surface area contributed by atoms with Gasteiger partial charge in [0.2, 0.25) is 0 Å². The van der Waals surface area contributed by atoms with Crippen LogP contribution in [0.15, 0.2) is 37.5 Å². The fourth-order valence-electron chi connectivity index (χ4n) is 1.65. The highest BCUT2D eigenvalue weighted by Gasteiger charge is 2.26. The van der Waals surface area contributed by atoms with Crippen molar-refractivity contribution in [1.82, 2.24) is 0 Å². The number of hydrogen-bond acceptors (Lipinski definition) is 4. The van der Waals surface area contributed by atoms with E-state index in [9.17, 15) is 0 Å². The molecule has 2 unspecified atom stereocenters. The Morgan fingerprint density at radius 2 is 2.17 bits per heavy atom. The monoisotopic (exact) mass is 254 g/mol. The summed E-state index contributed by atoms with van der Waals surface area (Å²) in [5.74, 6) is 0. The van der Waals surface area contributed by atoms with Crippen molar-refractivity contribution in [3.63, 3.8) is 0 Å². The van der Waals surface area contributed by atoms with Crippen molar-refractivity contribution in [2.45, 2.75) is 38.6 Å². The van der Waals surface area contributed by atoms with Gasteiger partial charge in [-0.3, -0.25) is 0 Å². The van der Waals surface area contributed by atoms with Crippen LogP contribution in [0.5, 0.6) is 0 Å². The van der Waals surface area contributed by atoms with E-state index in [1.54, 1.807) is 12.2 Å². The van der Waals surface area contributed by atoms with E-state index in [-0.39, 0.29) is 18.5 Å². The minimum atomic E-state index is -0.432. The molecule has 0 radical (unpaired) electrons. The summed E-state index contributed by atoms with van der Waals surface area (Å²) in [4.78, 5) is 0. The lowest BCUT2D eigenvalue weighted by atomic mass is 10.1. The van der Waals surface area contributed by atoms with Crippen molar-refractivity contribution in [2.75, 3.05) is 13.2 Å². The second-order valence-electron chi connectivity index (χ2n) is 3.84. The molecular weight excluding hydrogens is 232 g/mol. The zero-order chi connectivity index (χ0) is 13.4. The number of ether oxygens (including phenoxy) is 4. The van der Waals surface area contributed by atoms with Crippen LogP contribution in [0, 0.1) is 0 Å². The van der Waals surface area contributed by atoms with Gasteiger partial charge in [-0.2, -0.15) is 0 Å². The third-order valence-corrected chi connectivity index (χ3v) is 2.44. The first-order valence-electron chi connectivity index (χ1n) is 6.17. The summed E-state index contributed by atoms with van der Waals surface area (Å²) in [6.45, 7) is 12.2. The summed E-state index contributed by atoms with van der Waals surface area (Å²) < 4.78 is 22.1. The van der Waals surface area contributed by atoms with Crippen LogP contribution in [0.1, 0.15) is 13.8 Å². The molecule has 102 valence electrons. The van der Waals surface area contributed by atoms with Gasteiger partial charge in [0, 0.05) is 6.61 Å². The highest BCUT2D eigenvalue weighted by molar-refractivity contribution is 5.06. The smallest absolute Gasteiger partial charge is 0.180 e. The first-order chi connectivity index (χ1) is 8.71. The van der Waals surface area contributed by atoms with Crippen LogP contribution >= 0.6 is 0 Å². The van der Waals surface area contributed by atoms with Gasteiger partial charge in [-0.05, 0) is 19.9 Å². The third kappa shape index (κ3) is 4.74. The molecule has 4 atom stereocenters. The zero-order valence-corrected chi connectivity index (χ0v) is 11.1. The Kier molecular flexibility index (Phi) is 6.90. The predicted octanol–water partition coefficient (Wildman–Crippen LogP) is 2.42. The van der Waals surface area contributed by atoms with Gasteiger partial charge in [-0.1, -0.05) is 18.2 Å². The van der Waals surface area contributed by atoms with E-state index in [1.165, 1.54) is 0 Å². The molecule has 1 rings (SSSR count). The average molecular weight is 254 g/mol. The topological polar surface area (TPSA) is 36.9 Å². The molecule has 18 heavy (non-hydrogen) atoms. The van der Waals surface area contributed by atoms with Crippen LogP contribution in [-0.2, 0) is 18.9 Å². The second-order valence-corrected chi connectivity index (χ2v) is 3.84. The Hall–Kier alpha value is -0.940. The quantitative estimate of drug-likeness (QED) is 0.492. The van der Waals surface area contributed by atoms with Crippen molar-refractivity contribution in [1.29, 1.82) is 0 Å². The SMILES string of the molecule is C=CCO[C@H]1C=CC(OC(C)OCC)O[C@@H]1C=C. The summed E-state index contributed by atoms with van der Waals surface area (Å²) in [6, 6.07) is 0. The van der Waals surface area contributed by atoms with Crippen molar-refractivity contribution >= 4 is 0 Å². The van der Waals surface area contributed by atoms with Crippen LogP contribution in [0.25, 0.3) is 0 Å². The Labute approximate surface area is 109 Å². The van der Waals surface area contributed by atoms with Crippen molar-refractivity contribution in [2.24, 2.45) is 0 Å². The molecule has 0 saturated heterocycles. The maximum Gasteiger partial charge on any atom is 0.180 e. The largest absolute Gasteiger partial charge is 0.367 e. The molecule has 0 aromatic rings. The minimum absolute atomic E-state index is 0.150. The fraction of sp³-hybridized carbons (Fsp3) is 0.571. The maximum atomic E-state index is 5.70. The van der Waals surface area contributed by atoms with Gasteiger partial charge in [0.15, 0.2) is 12.6 Å². The van der Waals surface area contributed by atoms with E-state index >= 15 is 0 Å².